The number of benzene rings is 1. The highest BCUT2D eigenvalue weighted by Crippen LogP contribution is 2.21. The van der Waals surface area contributed by atoms with Gasteiger partial charge in [-0.1, -0.05) is 35.0 Å². The van der Waals surface area contributed by atoms with E-state index in [1.165, 1.54) is 10.7 Å². The lowest BCUT2D eigenvalue weighted by Crippen LogP contribution is -2.32. The number of hydrogen-bond acceptors (Lipinski definition) is 4. The summed E-state index contributed by atoms with van der Waals surface area (Å²) in [6.07, 6.45) is 0.438. The minimum absolute atomic E-state index is 0.273. The molecule has 0 saturated carbocycles. The molecule has 1 heterocycles. The van der Waals surface area contributed by atoms with Gasteiger partial charge in [-0.3, -0.25) is 4.79 Å². The minimum Gasteiger partial charge on any atom is -0.464 e. The van der Waals surface area contributed by atoms with Crippen molar-refractivity contribution < 1.29 is 9.53 Å². The van der Waals surface area contributed by atoms with Crippen molar-refractivity contribution >= 4 is 21.9 Å². The molecule has 0 spiro atoms. The van der Waals surface area contributed by atoms with E-state index in [0.29, 0.717) is 12.1 Å². The van der Waals surface area contributed by atoms with Crippen molar-refractivity contribution in [3.63, 3.8) is 0 Å². The van der Waals surface area contributed by atoms with Crippen LogP contribution in [0.4, 0.5) is 0 Å². The molecule has 116 valence electrons. The maximum atomic E-state index is 12.1. The van der Waals surface area contributed by atoms with Crippen molar-refractivity contribution in [3.8, 4) is 11.3 Å². The highest BCUT2D eigenvalue weighted by Gasteiger charge is 2.22. The minimum atomic E-state index is -0.709. The number of esters is 1. The molecule has 0 fully saturated rings. The number of carbonyl (C=O) groups is 1. The first-order valence-electron chi connectivity index (χ1n) is 7.09. The van der Waals surface area contributed by atoms with Gasteiger partial charge < -0.3 is 4.74 Å². The molecule has 0 saturated heterocycles. The number of halogens is 1. The fraction of sp³-hybridized carbons (Fsp3) is 0.312. The molecule has 1 aromatic heterocycles. The lowest BCUT2D eigenvalue weighted by atomic mass is 10.1. The Labute approximate surface area is 137 Å². The summed E-state index contributed by atoms with van der Waals surface area (Å²) in [4.78, 5) is 24.1. The predicted octanol–water partition coefficient (Wildman–Crippen LogP) is 3.19. The van der Waals surface area contributed by atoms with Gasteiger partial charge >= 0.3 is 5.97 Å². The van der Waals surface area contributed by atoms with Crippen molar-refractivity contribution in [3.05, 3.63) is 51.2 Å². The van der Waals surface area contributed by atoms with Crippen molar-refractivity contribution in [1.82, 2.24) is 9.78 Å². The average molecular weight is 365 g/mol. The summed E-state index contributed by atoms with van der Waals surface area (Å²) in [6, 6.07) is 9.96. The summed E-state index contributed by atoms with van der Waals surface area (Å²) >= 11 is 3.41. The molecule has 22 heavy (non-hydrogen) atoms. The lowest BCUT2D eigenvalue weighted by molar-refractivity contribution is -0.147. The Morgan fingerprint density at radius 2 is 2.09 bits per heavy atom. The molecule has 0 bridgehead atoms. The summed E-state index contributed by atoms with van der Waals surface area (Å²) in [5.41, 5.74) is 1.17. The molecule has 0 aliphatic heterocycles. The molecular formula is C16H17BrN2O3. The number of aromatic nitrogens is 2. The molecule has 1 aromatic carbocycles. The van der Waals surface area contributed by atoms with E-state index in [9.17, 15) is 9.59 Å². The van der Waals surface area contributed by atoms with Crippen LogP contribution in [-0.2, 0) is 9.53 Å². The fourth-order valence-electron chi connectivity index (χ4n) is 2.13. The number of ether oxygens (including phenoxy) is 1. The zero-order chi connectivity index (χ0) is 16.1. The standard InChI is InChI=1S/C16H17BrN2O3/c1-3-14(16(21)22-4-2)19-15(20)9-8-13(18-19)11-6-5-7-12(17)10-11/h5-10,14H,3-4H2,1-2H3/t14-/m0/s1. The van der Waals surface area contributed by atoms with Crippen LogP contribution in [-0.4, -0.2) is 22.4 Å². The second-order valence-electron chi connectivity index (χ2n) is 4.69. The largest absolute Gasteiger partial charge is 0.464 e. The van der Waals surface area contributed by atoms with Crippen LogP contribution < -0.4 is 5.56 Å². The Bertz CT molecular complexity index is 727. The predicted molar refractivity (Wildman–Crippen MR) is 87.6 cm³/mol. The molecule has 2 rings (SSSR count). The Kier molecular flexibility index (Phi) is 5.49. The van der Waals surface area contributed by atoms with Gasteiger partial charge in [0, 0.05) is 16.1 Å². The number of rotatable bonds is 5. The molecule has 0 N–H and O–H groups in total. The van der Waals surface area contributed by atoms with Gasteiger partial charge in [0.2, 0.25) is 0 Å². The summed E-state index contributed by atoms with van der Waals surface area (Å²) in [5.74, 6) is -0.439. The van der Waals surface area contributed by atoms with Crippen LogP contribution in [0.25, 0.3) is 11.3 Å². The molecule has 1 atom stereocenters. The number of hydrogen-bond donors (Lipinski definition) is 0. The molecule has 5 nitrogen and oxygen atoms in total. The maximum Gasteiger partial charge on any atom is 0.331 e. The van der Waals surface area contributed by atoms with Crippen molar-refractivity contribution in [2.45, 2.75) is 26.3 Å². The first kappa shape index (κ1) is 16.4. The second-order valence-corrected chi connectivity index (χ2v) is 5.60. The third kappa shape index (κ3) is 3.62. The van der Waals surface area contributed by atoms with E-state index >= 15 is 0 Å². The first-order valence-corrected chi connectivity index (χ1v) is 7.88. The Morgan fingerprint density at radius 1 is 1.32 bits per heavy atom. The van der Waals surface area contributed by atoms with Crippen LogP contribution in [0.2, 0.25) is 0 Å². The summed E-state index contributed by atoms with van der Waals surface area (Å²) < 4.78 is 7.14. The van der Waals surface area contributed by atoms with E-state index in [1.807, 2.05) is 31.2 Å². The second kappa shape index (κ2) is 7.35. The number of carbonyl (C=O) groups excluding carboxylic acids is 1. The van der Waals surface area contributed by atoms with Crippen LogP contribution in [0.1, 0.15) is 26.3 Å². The van der Waals surface area contributed by atoms with Crippen molar-refractivity contribution in [2.24, 2.45) is 0 Å². The number of nitrogens with zero attached hydrogens (tertiary/aromatic N) is 2. The quantitative estimate of drug-likeness (QED) is 0.764. The van der Waals surface area contributed by atoms with Gasteiger partial charge in [-0.15, -0.1) is 0 Å². The van der Waals surface area contributed by atoms with E-state index in [2.05, 4.69) is 21.0 Å². The van der Waals surface area contributed by atoms with Crippen molar-refractivity contribution in [2.75, 3.05) is 6.61 Å². The first-order chi connectivity index (χ1) is 10.6. The van der Waals surface area contributed by atoms with Gasteiger partial charge in [0.1, 0.15) is 0 Å². The monoisotopic (exact) mass is 364 g/mol. The van der Waals surface area contributed by atoms with E-state index in [4.69, 9.17) is 4.74 Å². The van der Waals surface area contributed by atoms with Crippen molar-refractivity contribution in [1.29, 1.82) is 0 Å². The Morgan fingerprint density at radius 3 is 2.73 bits per heavy atom. The third-order valence-electron chi connectivity index (χ3n) is 3.19. The van der Waals surface area contributed by atoms with E-state index in [-0.39, 0.29) is 12.2 Å². The third-order valence-corrected chi connectivity index (χ3v) is 3.68. The molecule has 0 unspecified atom stereocenters. The fourth-order valence-corrected chi connectivity index (χ4v) is 2.53. The molecule has 0 aliphatic rings. The molecule has 0 radical (unpaired) electrons. The summed E-state index contributed by atoms with van der Waals surface area (Å²) in [6.45, 7) is 3.83. The van der Waals surface area contributed by atoms with Crippen LogP contribution in [0.15, 0.2) is 45.7 Å². The highest BCUT2D eigenvalue weighted by atomic mass is 79.9. The van der Waals surface area contributed by atoms with Gasteiger partial charge in [0.05, 0.1) is 12.3 Å². The molecule has 6 heteroatoms. The zero-order valence-corrected chi connectivity index (χ0v) is 14.0. The van der Waals surface area contributed by atoms with Gasteiger partial charge in [-0.05, 0) is 31.5 Å². The SMILES string of the molecule is CCOC(=O)[C@H](CC)n1nc(-c2cccc(Br)c2)ccc1=O. The zero-order valence-electron chi connectivity index (χ0n) is 12.5. The van der Waals surface area contributed by atoms with Crippen LogP contribution in [0.3, 0.4) is 0 Å². The Hall–Kier alpha value is -1.95. The normalized spacial score (nSPS) is 12.0. The van der Waals surface area contributed by atoms with Gasteiger partial charge in [-0.25, -0.2) is 9.48 Å². The molecule has 2 aromatic rings. The molecule has 0 aliphatic carbocycles. The van der Waals surface area contributed by atoms with Crippen LogP contribution in [0.5, 0.6) is 0 Å². The highest BCUT2D eigenvalue weighted by molar-refractivity contribution is 9.10. The Balaban J connectivity index is 2.46. The summed E-state index contributed by atoms with van der Waals surface area (Å²) in [5, 5.41) is 4.34. The topological polar surface area (TPSA) is 61.2 Å². The molecule has 0 amide bonds. The van der Waals surface area contributed by atoms with Gasteiger partial charge in [-0.2, -0.15) is 5.10 Å². The van der Waals surface area contributed by atoms with Gasteiger partial charge in [0.25, 0.3) is 5.56 Å². The maximum absolute atomic E-state index is 12.1. The van der Waals surface area contributed by atoms with E-state index in [0.717, 1.165) is 10.0 Å². The van der Waals surface area contributed by atoms with Gasteiger partial charge in [0.15, 0.2) is 6.04 Å². The van der Waals surface area contributed by atoms with Crippen LogP contribution in [0, 0.1) is 0 Å². The van der Waals surface area contributed by atoms with E-state index in [1.54, 1.807) is 13.0 Å². The average Bonchev–Trinajstić information content (AvgIpc) is 2.50. The molecular weight excluding hydrogens is 348 g/mol. The summed E-state index contributed by atoms with van der Waals surface area (Å²) in [7, 11) is 0. The smallest absolute Gasteiger partial charge is 0.331 e. The van der Waals surface area contributed by atoms with Crippen LogP contribution >= 0.6 is 15.9 Å². The lowest BCUT2D eigenvalue weighted by Gasteiger charge is -2.16. The van der Waals surface area contributed by atoms with E-state index < -0.39 is 12.0 Å².